The molecule has 8 N–H and O–H groups in total. The number of nitrogens with one attached hydrogen (secondary N) is 2. The molecule has 0 saturated carbocycles. The maximum absolute atomic E-state index is 13.8. The first-order chi connectivity index (χ1) is 24.6. The predicted octanol–water partition coefficient (Wildman–Crippen LogP) is 2.39. The van der Waals surface area contributed by atoms with Crippen LogP contribution >= 0.6 is 0 Å². The van der Waals surface area contributed by atoms with Crippen molar-refractivity contribution < 1.29 is 24.0 Å². The van der Waals surface area contributed by atoms with Crippen LogP contribution in [-0.4, -0.2) is 76.1 Å². The number of unbranched alkanes of at least 4 members (excludes halogenated alkanes) is 1. The van der Waals surface area contributed by atoms with Gasteiger partial charge in [-0.2, -0.15) is 0 Å². The molecule has 2 aromatic carbocycles. The molecule has 2 aliphatic rings. The smallest absolute Gasteiger partial charge is 0.243 e. The van der Waals surface area contributed by atoms with Crippen molar-refractivity contribution in [3.05, 3.63) is 70.8 Å². The lowest BCUT2D eigenvalue weighted by Gasteiger charge is -2.39. The van der Waals surface area contributed by atoms with Crippen molar-refractivity contribution in [1.82, 2.24) is 20.4 Å². The lowest BCUT2D eigenvalue weighted by Crippen LogP contribution is -2.59. The predicted molar refractivity (Wildman–Crippen MR) is 201 cm³/mol. The Balaban J connectivity index is 1.36. The molecule has 0 aliphatic carbocycles. The van der Waals surface area contributed by atoms with Gasteiger partial charge in [0, 0.05) is 32.5 Å². The van der Waals surface area contributed by atoms with Crippen LogP contribution in [0.25, 0.3) is 0 Å². The third-order valence-electron chi connectivity index (χ3n) is 11.4. The van der Waals surface area contributed by atoms with Crippen molar-refractivity contribution in [2.45, 2.75) is 117 Å². The number of benzene rings is 2. The fourth-order valence-electron chi connectivity index (χ4n) is 7.00. The summed E-state index contributed by atoms with van der Waals surface area (Å²) in [7, 11) is 0. The van der Waals surface area contributed by atoms with E-state index in [1.807, 2.05) is 90.1 Å². The van der Waals surface area contributed by atoms with Crippen molar-refractivity contribution in [1.29, 1.82) is 0 Å². The first-order valence-corrected chi connectivity index (χ1v) is 18.7. The topological polar surface area (TPSA) is 194 Å². The zero-order valence-electron chi connectivity index (χ0n) is 31.6. The summed E-state index contributed by atoms with van der Waals surface area (Å²) >= 11 is 0. The number of primary amides is 1. The molecule has 0 saturated heterocycles. The van der Waals surface area contributed by atoms with E-state index in [0.29, 0.717) is 38.8 Å². The van der Waals surface area contributed by atoms with Crippen LogP contribution in [0, 0.1) is 23.7 Å². The molecule has 4 rings (SSSR count). The third kappa shape index (κ3) is 9.57. The van der Waals surface area contributed by atoms with Crippen LogP contribution in [0.5, 0.6) is 0 Å². The average Bonchev–Trinajstić information content (AvgIpc) is 3.13. The van der Waals surface area contributed by atoms with Crippen molar-refractivity contribution in [3.63, 3.8) is 0 Å². The SMILES string of the molecule is CC(C)C(C)[C@H](N)C(=O)N1Cc2ccccc2CC1C(=O)NCCCC[C@H](NC(=O)C1Cc2ccccc2CN1C(=O)[C@@H](N)C(C)C(C)C)C(N)=O. The van der Waals surface area contributed by atoms with E-state index in [2.05, 4.69) is 10.6 Å². The Kier molecular flexibility index (Phi) is 14.0. The summed E-state index contributed by atoms with van der Waals surface area (Å²) in [6.07, 6.45) is 1.92. The Morgan fingerprint density at radius 3 is 1.52 bits per heavy atom. The Labute approximate surface area is 308 Å². The second-order valence-corrected chi connectivity index (χ2v) is 15.4. The van der Waals surface area contributed by atoms with Gasteiger partial charge in [0.2, 0.25) is 29.5 Å². The maximum atomic E-state index is 13.8. The summed E-state index contributed by atoms with van der Waals surface area (Å²) in [5.74, 6) is -1.74. The van der Waals surface area contributed by atoms with Crippen molar-refractivity contribution >= 4 is 29.5 Å². The molecule has 0 fully saturated rings. The number of hydrogen-bond acceptors (Lipinski definition) is 7. The van der Waals surface area contributed by atoms with Gasteiger partial charge in [-0.3, -0.25) is 24.0 Å². The second kappa shape index (κ2) is 18.0. The molecule has 5 amide bonds. The molecule has 0 radical (unpaired) electrons. The number of carbonyl (C=O) groups is 5. The molecule has 12 nitrogen and oxygen atoms in total. The van der Waals surface area contributed by atoms with Gasteiger partial charge in [0.15, 0.2) is 0 Å². The molecule has 12 heteroatoms. The average molecular weight is 718 g/mol. The Hall–Kier alpha value is -4.29. The third-order valence-corrected chi connectivity index (χ3v) is 11.4. The van der Waals surface area contributed by atoms with Crippen molar-refractivity contribution in [2.75, 3.05) is 6.54 Å². The zero-order valence-corrected chi connectivity index (χ0v) is 31.6. The van der Waals surface area contributed by atoms with Crippen LogP contribution in [0.1, 0.15) is 83.1 Å². The number of carbonyl (C=O) groups excluding carboxylic acids is 5. The lowest BCUT2D eigenvalue weighted by molar-refractivity contribution is -0.144. The van der Waals surface area contributed by atoms with Gasteiger partial charge in [0.25, 0.3) is 0 Å². The van der Waals surface area contributed by atoms with E-state index in [4.69, 9.17) is 17.2 Å². The summed E-state index contributed by atoms with van der Waals surface area (Å²) in [5.41, 5.74) is 22.5. The first-order valence-electron chi connectivity index (χ1n) is 18.7. The van der Waals surface area contributed by atoms with E-state index in [1.54, 1.807) is 4.90 Å². The molecule has 2 aliphatic heterocycles. The summed E-state index contributed by atoms with van der Waals surface area (Å²) < 4.78 is 0. The molecular weight excluding hydrogens is 658 g/mol. The maximum Gasteiger partial charge on any atom is 0.243 e. The molecule has 0 aromatic heterocycles. The number of nitrogens with zero attached hydrogens (tertiary/aromatic N) is 2. The fourth-order valence-corrected chi connectivity index (χ4v) is 7.00. The molecule has 52 heavy (non-hydrogen) atoms. The molecule has 4 unspecified atom stereocenters. The Morgan fingerprint density at radius 2 is 1.10 bits per heavy atom. The van der Waals surface area contributed by atoms with Gasteiger partial charge in [-0.15, -0.1) is 0 Å². The van der Waals surface area contributed by atoms with E-state index < -0.39 is 42.0 Å². The summed E-state index contributed by atoms with van der Waals surface area (Å²) in [6.45, 7) is 12.8. The van der Waals surface area contributed by atoms with E-state index >= 15 is 0 Å². The van der Waals surface area contributed by atoms with Crippen LogP contribution in [0.2, 0.25) is 0 Å². The van der Waals surface area contributed by atoms with E-state index in [0.717, 1.165) is 22.3 Å². The number of hydrogen-bond donors (Lipinski definition) is 5. The summed E-state index contributed by atoms with van der Waals surface area (Å²) in [5, 5.41) is 5.78. The van der Waals surface area contributed by atoms with Gasteiger partial charge in [0.1, 0.15) is 18.1 Å². The Morgan fingerprint density at radius 1 is 0.673 bits per heavy atom. The highest BCUT2D eigenvalue weighted by molar-refractivity contribution is 5.93. The van der Waals surface area contributed by atoms with Crippen molar-refractivity contribution in [3.8, 4) is 0 Å². The van der Waals surface area contributed by atoms with Crippen molar-refractivity contribution in [2.24, 2.45) is 40.9 Å². The zero-order chi connectivity index (χ0) is 38.3. The normalized spacial score (nSPS) is 19.9. The van der Waals surface area contributed by atoms with Gasteiger partial charge in [-0.05, 0) is 65.2 Å². The van der Waals surface area contributed by atoms with Gasteiger partial charge in [-0.25, -0.2) is 0 Å². The van der Waals surface area contributed by atoms with E-state index in [9.17, 15) is 24.0 Å². The minimum atomic E-state index is -0.965. The number of rotatable bonds is 15. The molecule has 0 bridgehead atoms. The van der Waals surface area contributed by atoms with Crippen LogP contribution < -0.4 is 27.8 Å². The van der Waals surface area contributed by atoms with E-state index in [-0.39, 0.29) is 54.4 Å². The van der Waals surface area contributed by atoms with Gasteiger partial charge in [-0.1, -0.05) is 90.1 Å². The number of amides is 5. The minimum absolute atomic E-state index is 0.0595. The van der Waals surface area contributed by atoms with Gasteiger partial charge < -0.3 is 37.6 Å². The molecular formula is C40H59N7O5. The van der Waals surface area contributed by atoms with Crippen LogP contribution in [0.4, 0.5) is 0 Å². The largest absolute Gasteiger partial charge is 0.368 e. The standard InChI is InChI=1S/C40H59N7O5/c1-23(2)25(5)34(41)39(51)46-21-29-15-9-7-13-27(29)19-32(46)37(49)44-18-12-11-17-31(36(43)48)45-38(50)33-20-28-14-8-10-16-30(28)22-47(33)40(52)35(42)26(6)24(3)4/h7-10,13-16,23-26,31-35H,11-12,17-22,41-42H2,1-6H3,(H2,43,48)(H,44,49)(H,45,50)/t25?,26?,31-,32?,33?,34-,35-/m0/s1. The van der Waals surface area contributed by atoms with Gasteiger partial charge in [0.05, 0.1) is 12.1 Å². The van der Waals surface area contributed by atoms with Crippen LogP contribution in [-0.2, 0) is 49.9 Å². The Bertz CT molecular complexity index is 1600. The summed E-state index contributed by atoms with van der Waals surface area (Å²) in [4.78, 5) is 70.3. The molecule has 0 spiro atoms. The molecule has 7 atom stereocenters. The van der Waals surface area contributed by atoms with Crippen LogP contribution in [0.15, 0.2) is 48.5 Å². The molecule has 2 aromatic rings. The highest BCUT2D eigenvalue weighted by atomic mass is 16.2. The highest BCUT2D eigenvalue weighted by Gasteiger charge is 2.40. The quantitative estimate of drug-likeness (QED) is 0.175. The molecule has 2 heterocycles. The van der Waals surface area contributed by atoms with Gasteiger partial charge >= 0.3 is 0 Å². The van der Waals surface area contributed by atoms with Crippen LogP contribution in [0.3, 0.4) is 0 Å². The van der Waals surface area contributed by atoms with E-state index in [1.165, 1.54) is 4.90 Å². The monoisotopic (exact) mass is 717 g/mol. The number of fused-ring (bicyclic) bond motifs is 2. The lowest BCUT2D eigenvalue weighted by atomic mass is 9.87. The second-order valence-electron chi connectivity index (χ2n) is 15.4. The summed E-state index contributed by atoms with van der Waals surface area (Å²) in [6, 6.07) is 11.5. The molecule has 284 valence electrons. The highest BCUT2D eigenvalue weighted by Crippen LogP contribution is 2.28. The first kappa shape index (κ1) is 40.5. The minimum Gasteiger partial charge on any atom is -0.368 e. The fraction of sp³-hybridized carbons (Fsp3) is 0.575. The number of nitrogens with two attached hydrogens (primary N) is 3.